The van der Waals surface area contributed by atoms with Gasteiger partial charge in [-0.25, -0.2) is 0 Å². The van der Waals surface area contributed by atoms with E-state index in [1.54, 1.807) is 19.1 Å². The number of ether oxygens (including phenoxy) is 1. The number of rotatable bonds is 5. The molecular formula is C16H26N2O2. The summed E-state index contributed by atoms with van der Waals surface area (Å²) in [5, 5.41) is 0. The molecule has 4 nitrogen and oxygen atoms in total. The number of nitrogens with two attached hydrogens (primary N) is 1. The molecule has 0 saturated heterocycles. The first-order valence-corrected chi connectivity index (χ1v) is 6.86. The van der Waals surface area contributed by atoms with Crippen molar-refractivity contribution in [3.63, 3.8) is 0 Å². The predicted molar refractivity (Wildman–Crippen MR) is 82.0 cm³/mol. The van der Waals surface area contributed by atoms with E-state index in [1.807, 2.05) is 24.3 Å². The molecule has 2 N–H and O–H groups in total. The summed E-state index contributed by atoms with van der Waals surface area (Å²) in [6.45, 7) is 7.38. The number of carbonyl (C=O) groups excluding carboxylic acids is 1. The van der Waals surface area contributed by atoms with Crippen molar-refractivity contribution in [2.75, 3.05) is 27.3 Å². The molecule has 0 bridgehead atoms. The van der Waals surface area contributed by atoms with Crippen molar-refractivity contribution in [2.45, 2.75) is 32.2 Å². The highest BCUT2D eigenvalue weighted by atomic mass is 16.5. The lowest BCUT2D eigenvalue weighted by Crippen LogP contribution is -2.41. The van der Waals surface area contributed by atoms with E-state index >= 15 is 0 Å². The summed E-state index contributed by atoms with van der Waals surface area (Å²) in [6, 6.07) is 7.61. The van der Waals surface area contributed by atoms with Crippen molar-refractivity contribution >= 4 is 5.91 Å². The van der Waals surface area contributed by atoms with E-state index in [9.17, 15) is 4.79 Å². The van der Waals surface area contributed by atoms with Crippen LogP contribution in [0.5, 0.6) is 0 Å². The largest absolute Gasteiger partial charge is 0.383 e. The van der Waals surface area contributed by atoms with Crippen LogP contribution in [0.2, 0.25) is 0 Å². The average molecular weight is 278 g/mol. The molecule has 112 valence electrons. The third-order valence-corrected chi connectivity index (χ3v) is 3.23. The highest BCUT2D eigenvalue weighted by molar-refractivity contribution is 5.94. The molecule has 1 rings (SSSR count). The number of amides is 1. The molecule has 0 fully saturated rings. The van der Waals surface area contributed by atoms with Gasteiger partial charge in [0.1, 0.15) is 0 Å². The molecule has 0 aliphatic heterocycles. The monoisotopic (exact) mass is 278 g/mol. The summed E-state index contributed by atoms with van der Waals surface area (Å²) in [7, 11) is 3.36. The minimum Gasteiger partial charge on any atom is -0.383 e. The quantitative estimate of drug-likeness (QED) is 0.896. The maximum absolute atomic E-state index is 12.3. The fourth-order valence-electron chi connectivity index (χ4n) is 2.03. The van der Waals surface area contributed by atoms with Crippen LogP contribution in [-0.2, 0) is 10.2 Å². The van der Waals surface area contributed by atoms with E-state index in [0.29, 0.717) is 18.7 Å². The highest BCUT2D eigenvalue weighted by Gasteiger charge is 2.17. The number of carbonyl (C=O) groups is 1. The Hall–Kier alpha value is -1.39. The lowest BCUT2D eigenvalue weighted by molar-refractivity contribution is 0.0764. The molecule has 20 heavy (non-hydrogen) atoms. The number of benzene rings is 1. The Morgan fingerprint density at radius 1 is 1.30 bits per heavy atom. The molecule has 4 heteroatoms. The fourth-order valence-corrected chi connectivity index (χ4v) is 2.03. The van der Waals surface area contributed by atoms with Gasteiger partial charge in [0, 0.05) is 32.3 Å². The van der Waals surface area contributed by atoms with Crippen LogP contribution in [0.1, 0.15) is 36.7 Å². The molecule has 0 aliphatic rings. The first kappa shape index (κ1) is 16.7. The predicted octanol–water partition coefficient (Wildman–Crippen LogP) is 2.03. The molecule has 0 saturated carbocycles. The van der Waals surface area contributed by atoms with Gasteiger partial charge in [-0.05, 0) is 23.1 Å². The van der Waals surface area contributed by atoms with Crippen molar-refractivity contribution in [1.29, 1.82) is 0 Å². The molecule has 1 aromatic rings. The lowest BCUT2D eigenvalue weighted by atomic mass is 9.86. The second-order valence-corrected chi connectivity index (χ2v) is 6.23. The summed E-state index contributed by atoms with van der Waals surface area (Å²) in [6.07, 6.45) is 0. The van der Waals surface area contributed by atoms with Crippen molar-refractivity contribution in [1.82, 2.24) is 4.90 Å². The van der Waals surface area contributed by atoms with E-state index in [4.69, 9.17) is 10.5 Å². The first-order chi connectivity index (χ1) is 9.25. The molecule has 0 radical (unpaired) electrons. The first-order valence-electron chi connectivity index (χ1n) is 6.86. The normalized spacial score (nSPS) is 13.1. The van der Waals surface area contributed by atoms with Crippen molar-refractivity contribution in [3.05, 3.63) is 35.4 Å². The number of nitrogens with zero attached hydrogens (tertiary/aromatic N) is 1. The number of likely N-dealkylation sites (N-methyl/N-ethyl adjacent to an activating group) is 1. The number of hydrogen-bond acceptors (Lipinski definition) is 3. The van der Waals surface area contributed by atoms with Crippen LogP contribution in [0.25, 0.3) is 0 Å². The lowest BCUT2D eigenvalue weighted by Gasteiger charge is -2.22. The van der Waals surface area contributed by atoms with Gasteiger partial charge in [0.15, 0.2) is 0 Å². The van der Waals surface area contributed by atoms with Crippen molar-refractivity contribution in [2.24, 2.45) is 5.73 Å². The van der Waals surface area contributed by atoms with Crippen molar-refractivity contribution in [3.8, 4) is 0 Å². The van der Waals surface area contributed by atoms with Crippen LogP contribution in [-0.4, -0.2) is 44.2 Å². The maximum atomic E-state index is 12.3. The van der Waals surface area contributed by atoms with Crippen LogP contribution < -0.4 is 5.73 Å². The summed E-state index contributed by atoms with van der Waals surface area (Å²) in [5.74, 6) is -0.0167. The van der Waals surface area contributed by atoms with Gasteiger partial charge in [0.25, 0.3) is 5.91 Å². The van der Waals surface area contributed by atoms with E-state index in [-0.39, 0.29) is 17.4 Å². The minimum absolute atomic E-state index is 0.0167. The topological polar surface area (TPSA) is 55.6 Å². The van der Waals surface area contributed by atoms with E-state index in [1.165, 1.54) is 5.56 Å². The molecule has 0 spiro atoms. The standard InChI is InChI=1S/C16H26N2O2/c1-16(2,3)13-8-6-12(7-9-13)15(19)18(4)10-14(17)11-20-5/h6-9,14H,10-11,17H2,1-5H3. The van der Waals surface area contributed by atoms with Gasteiger partial charge < -0.3 is 15.4 Å². The number of methoxy groups -OCH3 is 1. The Bertz CT molecular complexity index is 435. The SMILES string of the molecule is COCC(N)CN(C)C(=O)c1ccc(C(C)(C)C)cc1. The van der Waals surface area contributed by atoms with Gasteiger partial charge >= 0.3 is 0 Å². The van der Waals surface area contributed by atoms with Crippen LogP contribution in [0.3, 0.4) is 0 Å². The second-order valence-electron chi connectivity index (χ2n) is 6.23. The van der Waals surface area contributed by atoms with Gasteiger partial charge in [0.2, 0.25) is 0 Å². The van der Waals surface area contributed by atoms with E-state index in [2.05, 4.69) is 20.8 Å². The molecule has 1 atom stereocenters. The zero-order valence-electron chi connectivity index (χ0n) is 13.1. The molecule has 0 aliphatic carbocycles. The van der Waals surface area contributed by atoms with Gasteiger partial charge in [-0.15, -0.1) is 0 Å². The number of hydrogen-bond donors (Lipinski definition) is 1. The average Bonchev–Trinajstić information content (AvgIpc) is 2.37. The summed E-state index contributed by atoms with van der Waals surface area (Å²) in [5.41, 5.74) is 7.86. The molecule has 1 unspecified atom stereocenters. The second kappa shape index (κ2) is 6.86. The Morgan fingerprint density at radius 3 is 2.30 bits per heavy atom. The van der Waals surface area contributed by atoms with Crippen LogP contribution in [0, 0.1) is 0 Å². The zero-order chi connectivity index (χ0) is 15.3. The van der Waals surface area contributed by atoms with Crippen molar-refractivity contribution < 1.29 is 9.53 Å². The highest BCUT2D eigenvalue weighted by Crippen LogP contribution is 2.22. The zero-order valence-corrected chi connectivity index (χ0v) is 13.1. The Morgan fingerprint density at radius 2 is 1.85 bits per heavy atom. The van der Waals surface area contributed by atoms with Crippen LogP contribution in [0.15, 0.2) is 24.3 Å². The molecule has 1 amide bonds. The maximum Gasteiger partial charge on any atom is 0.253 e. The van der Waals surface area contributed by atoms with Gasteiger partial charge in [-0.2, -0.15) is 0 Å². The van der Waals surface area contributed by atoms with Crippen LogP contribution in [0.4, 0.5) is 0 Å². The van der Waals surface area contributed by atoms with E-state index in [0.717, 1.165) is 0 Å². The third-order valence-electron chi connectivity index (χ3n) is 3.23. The van der Waals surface area contributed by atoms with Gasteiger partial charge in [-0.1, -0.05) is 32.9 Å². The molecule has 0 heterocycles. The summed E-state index contributed by atoms with van der Waals surface area (Å²) in [4.78, 5) is 13.9. The Kier molecular flexibility index (Phi) is 5.72. The minimum atomic E-state index is -0.164. The van der Waals surface area contributed by atoms with Gasteiger partial charge in [-0.3, -0.25) is 4.79 Å². The summed E-state index contributed by atoms with van der Waals surface area (Å²) >= 11 is 0. The van der Waals surface area contributed by atoms with E-state index < -0.39 is 0 Å². The Labute approximate surface area is 121 Å². The summed E-state index contributed by atoms with van der Waals surface area (Å²) < 4.78 is 4.98. The van der Waals surface area contributed by atoms with Crippen LogP contribution >= 0.6 is 0 Å². The third kappa shape index (κ3) is 4.62. The van der Waals surface area contributed by atoms with Gasteiger partial charge in [0.05, 0.1) is 6.61 Å². The molecule has 0 aromatic heterocycles. The Balaban J connectivity index is 2.72. The fraction of sp³-hybridized carbons (Fsp3) is 0.562. The molecular weight excluding hydrogens is 252 g/mol. The molecule has 1 aromatic carbocycles. The smallest absolute Gasteiger partial charge is 0.253 e.